The van der Waals surface area contributed by atoms with Crippen molar-refractivity contribution in [2.75, 3.05) is 5.32 Å². The second kappa shape index (κ2) is 7.35. The number of imidazole rings is 1. The zero-order valence-electron chi connectivity index (χ0n) is 15.0. The summed E-state index contributed by atoms with van der Waals surface area (Å²) in [5.74, 6) is 1.49. The van der Waals surface area contributed by atoms with Gasteiger partial charge in [0.2, 0.25) is 5.95 Å². The second-order valence-corrected chi connectivity index (χ2v) is 8.73. The van der Waals surface area contributed by atoms with Crippen LogP contribution >= 0.6 is 34.5 Å². The van der Waals surface area contributed by atoms with E-state index in [0.29, 0.717) is 22.5 Å². The van der Waals surface area contributed by atoms with Crippen molar-refractivity contribution in [1.82, 2.24) is 19.5 Å². The summed E-state index contributed by atoms with van der Waals surface area (Å²) in [7, 11) is 0. The number of hydrogen-bond acceptors (Lipinski definition) is 5. The van der Waals surface area contributed by atoms with Gasteiger partial charge >= 0.3 is 0 Å². The van der Waals surface area contributed by atoms with Gasteiger partial charge in [-0.05, 0) is 48.9 Å². The van der Waals surface area contributed by atoms with Gasteiger partial charge in [0.15, 0.2) is 0 Å². The van der Waals surface area contributed by atoms with Gasteiger partial charge < -0.3 is 5.32 Å². The molecule has 4 aromatic rings. The van der Waals surface area contributed by atoms with Gasteiger partial charge in [-0.1, -0.05) is 29.3 Å². The summed E-state index contributed by atoms with van der Waals surface area (Å²) in [5.41, 5.74) is 2.45. The lowest BCUT2D eigenvalue weighted by molar-refractivity contribution is 0.700. The van der Waals surface area contributed by atoms with Crippen LogP contribution < -0.4 is 5.32 Å². The normalized spacial score (nSPS) is 13.6. The van der Waals surface area contributed by atoms with Gasteiger partial charge in [-0.25, -0.2) is 9.97 Å². The molecular formula is C20H17Cl2N5S. The minimum Gasteiger partial charge on any atom is -0.365 e. The minimum atomic E-state index is 0.556. The van der Waals surface area contributed by atoms with Gasteiger partial charge in [0.05, 0.1) is 15.4 Å². The molecule has 0 radical (unpaired) electrons. The number of fused-ring (bicyclic) bond motifs is 3. The van der Waals surface area contributed by atoms with Crippen LogP contribution in [0.4, 0.5) is 5.82 Å². The highest BCUT2D eigenvalue weighted by Crippen LogP contribution is 2.39. The van der Waals surface area contributed by atoms with E-state index in [0.717, 1.165) is 34.4 Å². The Bertz CT molecular complexity index is 1150. The first-order valence-corrected chi connectivity index (χ1v) is 10.7. The second-order valence-electron chi connectivity index (χ2n) is 6.84. The molecule has 0 saturated carbocycles. The van der Waals surface area contributed by atoms with Crippen molar-refractivity contribution in [2.45, 2.75) is 32.2 Å². The van der Waals surface area contributed by atoms with Crippen LogP contribution in [0, 0.1) is 0 Å². The highest BCUT2D eigenvalue weighted by molar-refractivity contribution is 7.19. The fourth-order valence-electron chi connectivity index (χ4n) is 3.60. The molecule has 142 valence electrons. The van der Waals surface area contributed by atoms with Crippen LogP contribution in [-0.2, 0) is 19.4 Å². The van der Waals surface area contributed by atoms with Crippen molar-refractivity contribution in [3.8, 4) is 5.95 Å². The molecule has 3 aromatic heterocycles. The van der Waals surface area contributed by atoms with Crippen molar-refractivity contribution >= 4 is 50.6 Å². The van der Waals surface area contributed by atoms with Gasteiger partial charge in [0.1, 0.15) is 17.0 Å². The highest BCUT2D eigenvalue weighted by atomic mass is 35.5. The van der Waals surface area contributed by atoms with E-state index in [1.165, 1.54) is 23.3 Å². The smallest absolute Gasteiger partial charge is 0.238 e. The maximum atomic E-state index is 6.17. The summed E-state index contributed by atoms with van der Waals surface area (Å²) < 4.78 is 1.84. The highest BCUT2D eigenvalue weighted by Gasteiger charge is 2.21. The van der Waals surface area contributed by atoms with Gasteiger partial charge in [-0.3, -0.25) is 4.57 Å². The number of aromatic nitrogens is 4. The van der Waals surface area contributed by atoms with E-state index in [1.54, 1.807) is 23.9 Å². The van der Waals surface area contributed by atoms with Gasteiger partial charge in [0, 0.05) is 23.8 Å². The summed E-state index contributed by atoms with van der Waals surface area (Å²) in [6.07, 6.45) is 9.99. The number of thiophene rings is 1. The van der Waals surface area contributed by atoms with Crippen molar-refractivity contribution < 1.29 is 0 Å². The van der Waals surface area contributed by atoms with Crippen molar-refractivity contribution in [3.63, 3.8) is 0 Å². The van der Waals surface area contributed by atoms with E-state index >= 15 is 0 Å². The standard InChI is InChI=1S/C20H17Cl2N5S/c21-14-6-5-12(9-15(14)22)10-24-18-17-13-3-1-2-4-16(13)28-19(17)26-20(25-18)27-8-7-23-11-27/h5-9,11H,1-4,10H2,(H,24,25,26). The van der Waals surface area contributed by atoms with Gasteiger partial charge in [0.25, 0.3) is 0 Å². The third-order valence-corrected chi connectivity index (χ3v) is 6.91. The van der Waals surface area contributed by atoms with Crippen LogP contribution in [0.15, 0.2) is 36.9 Å². The average Bonchev–Trinajstić information content (AvgIpc) is 3.36. The van der Waals surface area contributed by atoms with Gasteiger partial charge in [-0.15, -0.1) is 11.3 Å². The Balaban J connectivity index is 1.58. The van der Waals surface area contributed by atoms with Crippen LogP contribution in [-0.4, -0.2) is 19.5 Å². The summed E-state index contributed by atoms with van der Waals surface area (Å²) in [6, 6.07) is 5.68. The first-order chi connectivity index (χ1) is 13.7. The van der Waals surface area contributed by atoms with Crippen LogP contribution in [0.25, 0.3) is 16.2 Å². The number of rotatable bonds is 4. The third kappa shape index (κ3) is 3.26. The molecule has 8 heteroatoms. The molecular weight excluding hydrogens is 413 g/mol. The fourth-order valence-corrected chi connectivity index (χ4v) is 5.18. The molecule has 0 aliphatic heterocycles. The molecule has 0 unspecified atom stereocenters. The molecule has 0 spiro atoms. The Morgan fingerprint density at radius 1 is 1.11 bits per heavy atom. The molecule has 5 rings (SSSR count). The Morgan fingerprint density at radius 3 is 2.82 bits per heavy atom. The summed E-state index contributed by atoms with van der Waals surface area (Å²) in [6.45, 7) is 0.608. The number of nitrogens with zero attached hydrogens (tertiary/aromatic N) is 4. The monoisotopic (exact) mass is 429 g/mol. The number of anilines is 1. The summed E-state index contributed by atoms with van der Waals surface area (Å²) in [5, 5.41) is 5.78. The number of halogens is 2. The topological polar surface area (TPSA) is 55.6 Å². The minimum absolute atomic E-state index is 0.556. The molecule has 28 heavy (non-hydrogen) atoms. The molecule has 5 nitrogen and oxygen atoms in total. The predicted octanol–water partition coefficient (Wildman–Crippen LogP) is 5.67. The van der Waals surface area contributed by atoms with Crippen LogP contribution in [0.3, 0.4) is 0 Å². The molecule has 0 bridgehead atoms. The molecule has 3 heterocycles. The first-order valence-electron chi connectivity index (χ1n) is 9.17. The molecule has 0 amide bonds. The van der Waals surface area contributed by atoms with Crippen molar-refractivity contribution in [1.29, 1.82) is 0 Å². The SMILES string of the molecule is Clc1ccc(CNc2nc(-n3ccnc3)nc3sc4c(c23)CCCC4)cc1Cl. The number of hydrogen-bond donors (Lipinski definition) is 1. The number of benzene rings is 1. The average molecular weight is 430 g/mol. The lowest BCUT2D eigenvalue weighted by Crippen LogP contribution is -2.07. The maximum absolute atomic E-state index is 6.17. The Labute approximate surface area is 176 Å². The molecule has 1 N–H and O–H groups in total. The molecule has 1 aliphatic carbocycles. The van der Waals surface area contributed by atoms with Crippen molar-refractivity contribution in [3.05, 3.63) is 63.0 Å². The molecule has 0 fully saturated rings. The van der Waals surface area contributed by atoms with Gasteiger partial charge in [-0.2, -0.15) is 4.98 Å². The molecule has 0 atom stereocenters. The van der Waals surface area contributed by atoms with E-state index < -0.39 is 0 Å². The quantitative estimate of drug-likeness (QED) is 0.453. The fraction of sp³-hybridized carbons (Fsp3) is 0.250. The zero-order valence-corrected chi connectivity index (χ0v) is 17.3. The molecule has 0 saturated heterocycles. The Hall–Kier alpha value is -2.15. The summed E-state index contributed by atoms with van der Waals surface area (Å²) in [4.78, 5) is 16.2. The largest absolute Gasteiger partial charge is 0.365 e. The van der Waals surface area contributed by atoms with Crippen molar-refractivity contribution in [2.24, 2.45) is 0 Å². The lowest BCUT2D eigenvalue weighted by Gasteiger charge is -2.13. The van der Waals surface area contributed by atoms with E-state index in [9.17, 15) is 0 Å². The zero-order chi connectivity index (χ0) is 19.1. The number of nitrogens with one attached hydrogen (secondary N) is 1. The molecule has 1 aliphatic rings. The Kier molecular flexibility index (Phi) is 4.70. The first kappa shape index (κ1) is 17.9. The van der Waals surface area contributed by atoms with E-state index in [-0.39, 0.29) is 0 Å². The third-order valence-electron chi connectivity index (χ3n) is 4.98. The van der Waals surface area contributed by atoms with Crippen LogP contribution in [0.2, 0.25) is 10.0 Å². The van der Waals surface area contributed by atoms with E-state index in [2.05, 4.69) is 10.3 Å². The van der Waals surface area contributed by atoms with E-state index in [4.69, 9.17) is 33.2 Å². The maximum Gasteiger partial charge on any atom is 0.238 e. The summed E-state index contributed by atoms with van der Waals surface area (Å²) >= 11 is 14.0. The van der Waals surface area contributed by atoms with E-state index in [1.807, 2.05) is 29.0 Å². The van der Waals surface area contributed by atoms with Crippen LogP contribution in [0.1, 0.15) is 28.8 Å². The molecule has 1 aromatic carbocycles. The number of aryl methyl sites for hydroxylation is 2. The lowest BCUT2D eigenvalue weighted by atomic mass is 9.97. The Morgan fingerprint density at radius 2 is 2.00 bits per heavy atom. The van der Waals surface area contributed by atoms with Crippen LogP contribution in [0.5, 0.6) is 0 Å². The predicted molar refractivity (Wildman–Crippen MR) is 115 cm³/mol.